The van der Waals surface area contributed by atoms with Crippen LogP contribution in [0.3, 0.4) is 0 Å². The van der Waals surface area contributed by atoms with E-state index in [1.807, 2.05) is 19.2 Å². The quantitative estimate of drug-likeness (QED) is 0.595. The summed E-state index contributed by atoms with van der Waals surface area (Å²) in [7, 11) is -3.43. The summed E-state index contributed by atoms with van der Waals surface area (Å²) in [4.78, 5) is 22.4. The third kappa shape index (κ3) is 4.44. The number of thiazole rings is 2. The van der Waals surface area contributed by atoms with Gasteiger partial charge in [-0.05, 0) is 26.0 Å². The van der Waals surface area contributed by atoms with Crippen LogP contribution in [0.4, 0.5) is 0 Å². The second kappa shape index (κ2) is 7.77. The highest BCUT2D eigenvalue weighted by atomic mass is 32.2. The van der Waals surface area contributed by atoms with Crippen LogP contribution in [-0.2, 0) is 21.1 Å². The second-order valence-electron chi connectivity index (χ2n) is 5.87. The summed E-state index contributed by atoms with van der Waals surface area (Å²) in [5.41, 5.74) is 1.77. The fourth-order valence-corrected chi connectivity index (χ4v) is 5.59. The minimum Gasteiger partial charge on any atom is -0.299 e. The molecule has 0 spiro atoms. The Kier molecular flexibility index (Phi) is 5.64. The summed E-state index contributed by atoms with van der Waals surface area (Å²) in [5, 5.41) is 3.60. The van der Waals surface area contributed by atoms with Crippen molar-refractivity contribution in [2.24, 2.45) is 0 Å². The van der Waals surface area contributed by atoms with E-state index >= 15 is 0 Å². The van der Waals surface area contributed by atoms with E-state index in [0.29, 0.717) is 5.01 Å². The van der Waals surface area contributed by atoms with Crippen LogP contribution in [0, 0.1) is 13.8 Å². The van der Waals surface area contributed by atoms with Gasteiger partial charge in [0.05, 0.1) is 38.3 Å². The van der Waals surface area contributed by atoms with E-state index < -0.39 is 9.84 Å². The molecule has 0 fully saturated rings. The molecule has 0 radical (unpaired) electrons. The van der Waals surface area contributed by atoms with Gasteiger partial charge in [0.15, 0.2) is 9.84 Å². The smallest absolute Gasteiger partial charge is 0.178 e. The first-order valence-corrected chi connectivity index (χ1v) is 11.4. The van der Waals surface area contributed by atoms with Gasteiger partial charge in [0.25, 0.3) is 0 Å². The molecule has 0 bridgehead atoms. The Morgan fingerprint density at radius 2 is 1.85 bits per heavy atom. The Balaban J connectivity index is 1.62. The average molecular weight is 407 g/mol. The minimum atomic E-state index is -3.43. The van der Waals surface area contributed by atoms with Crippen molar-refractivity contribution in [2.75, 3.05) is 5.75 Å². The van der Waals surface area contributed by atoms with Crippen LogP contribution in [0.5, 0.6) is 0 Å². The van der Waals surface area contributed by atoms with Crippen molar-refractivity contribution in [1.29, 1.82) is 0 Å². The molecule has 26 heavy (non-hydrogen) atoms. The van der Waals surface area contributed by atoms with E-state index in [4.69, 9.17) is 0 Å². The Labute approximate surface area is 160 Å². The molecule has 0 atom stereocenters. The number of rotatable bonds is 7. The van der Waals surface area contributed by atoms with Crippen molar-refractivity contribution in [3.63, 3.8) is 0 Å². The molecule has 0 aliphatic carbocycles. The van der Waals surface area contributed by atoms with E-state index in [1.54, 1.807) is 41.7 Å². The van der Waals surface area contributed by atoms with E-state index in [9.17, 15) is 13.2 Å². The number of hydrogen-bond donors (Lipinski definition) is 0. The highest BCUT2D eigenvalue weighted by molar-refractivity contribution is 7.91. The van der Waals surface area contributed by atoms with Crippen molar-refractivity contribution in [2.45, 2.75) is 31.6 Å². The molecule has 0 aliphatic heterocycles. The van der Waals surface area contributed by atoms with Gasteiger partial charge >= 0.3 is 0 Å². The first-order valence-electron chi connectivity index (χ1n) is 8.03. The number of nitrogens with zero attached hydrogens (tertiary/aromatic N) is 2. The number of sulfone groups is 1. The molecule has 0 N–H and O–H groups in total. The van der Waals surface area contributed by atoms with E-state index in [1.165, 1.54) is 11.3 Å². The molecule has 3 aromatic rings. The topological polar surface area (TPSA) is 77.0 Å². The summed E-state index contributed by atoms with van der Waals surface area (Å²) < 4.78 is 24.5. The maximum Gasteiger partial charge on any atom is 0.178 e. The van der Waals surface area contributed by atoms with Crippen LogP contribution in [0.15, 0.2) is 40.6 Å². The van der Waals surface area contributed by atoms with Gasteiger partial charge in [-0.25, -0.2) is 18.4 Å². The lowest BCUT2D eigenvalue weighted by molar-refractivity contribution is -0.118. The van der Waals surface area contributed by atoms with Gasteiger partial charge in [-0.3, -0.25) is 4.79 Å². The first-order chi connectivity index (χ1) is 12.3. The maximum absolute atomic E-state index is 12.2. The van der Waals surface area contributed by atoms with Crippen LogP contribution in [-0.4, -0.2) is 29.9 Å². The predicted octanol–water partition coefficient (Wildman–Crippen LogP) is 3.86. The molecular weight excluding hydrogens is 388 g/mol. The molecule has 3 rings (SSSR count). The average Bonchev–Trinajstić information content (AvgIpc) is 3.19. The number of hydrogen-bond acceptors (Lipinski definition) is 7. The highest BCUT2D eigenvalue weighted by Crippen LogP contribution is 2.30. The van der Waals surface area contributed by atoms with Gasteiger partial charge in [0, 0.05) is 11.8 Å². The number of benzene rings is 1. The molecule has 8 heteroatoms. The van der Waals surface area contributed by atoms with Crippen molar-refractivity contribution in [3.05, 3.63) is 51.4 Å². The van der Waals surface area contributed by atoms with Crippen LogP contribution < -0.4 is 0 Å². The Bertz CT molecular complexity index is 1020. The second-order valence-corrected chi connectivity index (χ2v) is 10.1. The monoisotopic (exact) mass is 406 g/mol. The summed E-state index contributed by atoms with van der Waals surface area (Å²) in [6.45, 7) is 3.89. The molecule has 1 aromatic carbocycles. The third-order valence-corrected chi connectivity index (χ3v) is 7.46. The van der Waals surface area contributed by atoms with E-state index in [2.05, 4.69) is 9.97 Å². The highest BCUT2D eigenvalue weighted by Gasteiger charge is 2.18. The Morgan fingerprint density at radius 3 is 2.50 bits per heavy atom. The van der Waals surface area contributed by atoms with Gasteiger partial charge in [-0.1, -0.05) is 18.2 Å². The lowest BCUT2D eigenvalue weighted by atomic mass is 10.2. The standard InChI is InChI=1S/C18H18N2O3S3/c1-12-18(25-13(2)19-12)16-11-24-17(20-16)10-14(21)8-9-26(22,23)15-6-4-3-5-7-15/h3-7,11H,8-10H2,1-2H3. The van der Waals surface area contributed by atoms with Crippen molar-refractivity contribution in [1.82, 2.24) is 9.97 Å². The number of carbonyl (C=O) groups excluding carboxylic acids is 1. The van der Waals surface area contributed by atoms with Gasteiger partial charge in [-0.2, -0.15) is 0 Å². The first kappa shape index (κ1) is 18.9. The fourth-order valence-electron chi connectivity index (χ4n) is 2.52. The number of aromatic nitrogens is 2. The summed E-state index contributed by atoms with van der Waals surface area (Å²) in [6, 6.07) is 8.21. The van der Waals surface area contributed by atoms with Gasteiger partial charge < -0.3 is 0 Å². The fraction of sp³-hybridized carbons (Fsp3) is 0.278. The summed E-state index contributed by atoms with van der Waals surface area (Å²) in [5.74, 6) is -0.302. The largest absolute Gasteiger partial charge is 0.299 e. The Hall–Kier alpha value is -1.90. The van der Waals surface area contributed by atoms with Crippen LogP contribution in [0.25, 0.3) is 10.6 Å². The molecule has 0 amide bonds. The van der Waals surface area contributed by atoms with Crippen molar-refractivity contribution < 1.29 is 13.2 Å². The predicted molar refractivity (Wildman–Crippen MR) is 105 cm³/mol. The molecule has 2 heterocycles. The van der Waals surface area contributed by atoms with E-state index in [0.717, 1.165) is 21.3 Å². The summed E-state index contributed by atoms with van der Waals surface area (Å²) >= 11 is 3.00. The molecule has 136 valence electrons. The lowest BCUT2D eigenvalue weighted by Gasteiger charge is -2.03. The molecule has 0 saturated carbocycles. The Morgan fingerprint density at radius 1 is 1.12 bits per heavy atom. The SMILES string of the molecule is Cc1nc(C)c(-c2csc(CC(=O)CCS(=O)(=O)c3ccccc3)n2)s1. The van der Waals surface area contributed by atoms with Gasteiger partial charge in [0.1, 0.15) is 10.8 Å². The van der Waals surface area contributed by atoms with Crippen molar-refractivity contribution >= 4 is 38.3 Å². The van der Waals surface area contributed by atoms with Crippen LogP contribution in [0.1, 0.15) is 22.1 Å². The molecule has 2 aromatic heterocycles. The molecule has 0 unspecified atom stereocenters. The molecule has 0 aliphatic rings. The zero-order valence-electron chi connectivity index (χ0n) is 14.4. The minimum absolute atomic E-state index is 0.00909. The van der Waals surface area contributed by atoms with Gasteiger partial charge in [-0.15, -0.1) is 22.7 Å². The maximum atomic E-state index is 12.2. The third-order valence-electron chi connectivity index (χ3n) is 3.79. The molecule has 0 saturated heterocycles. The zero-order chi connectivity index (χ0) is 18.7. The summed E-state index contributed by atoms with van der Waals surface area (Å²) in [6.07, 6.45) is 0.149. The van der Waals surface area contributed by atoms with E-state index in [-0.39, 0.29) is 29.3 Å². The lowest BCUT2D eigenvalue weighted by Crippen LogP contribution is -2.13. The van der Waals surface area contributed by atoms with Crippen molar-refractivity contribution in [3.8, 4) is 10.6 Å². The number of carbonyl (C=O) groups is 1. The molecule has 5 nitrogen and oxygen atoms in total. The molecular formula is C18H18N2O3S3. The normalized spacial score (nSPS) is 11.6. The van der Waals surface area contributed by atoms with Gasteiger partial charge in [0.2, 0.25) is 0 Å². The van der Waals surface area contributed by atoms with Crippen LogP contribution in [0.2, 0.25) is 0 Å². The van der Waals surface area contributed by atoms with Crippen LogP contribution >= 0.6 is 22.7 Å². The number of aryl methyl sites for hydroxylation is 2. The zero-order valence-corrected chi connectivity index (χ0v) is 16.9. The number of Topliss-reactive ketones (excluding diaryl/α,β-unsaturated/α-hetero) is 1. The number of ketones is 1.